The molecule has 164 valence electrons. The fourth-order valence-corrected chi connectivity index (χ4v) is 4.91. The van der Waals surface area contributed by atoms with Crippen molar-refractivity contribution in [2.45, 2.75) is 30.3 Å². The van der Waals surface area contributed by atoms with Gasteiger partial charge in [-0.25, -0.2) is 4.99 Å². The highest BCUT2D eigenvalue weighted by molar-refractivity contribution is 8.18. The van der Waals surface area contributed by atoms with E-state index in [1.807, 2.05) is 80.6 Å². The van der Waals surface area contributed by atoms with Crippen molar-refractivity contribution in [2.75, 3.05) is 13.2 Å². The van der Waals surface area contributed by atoms with E-state index in [0.29, 0.717) is 29.0 Å². The summed E-state index contributed by atoms with van der Waals surface area (Å²) in [6.45, 7) is 5.24. The predicted molar refractivity (Wildman–Crippen MR) is 132 cm³/mol. The molecule has 1 aromatic heterocycles. The largest absolute Gasteiger partial charge is 0.494 e. The van der Waals surface area contributed by atoms with E-state index >= 15 is 0 Å². The Bertz CT molecular complexity index is 1120. The number of carbonyl (C=O) groups is 1. The summed E-state index contributed by atoms with van der Waals surface area (Å²) in [4.78, 5) is 21.2. The summed E-state index contributed by atoms with van der Waals surface area (Å²) in [6.07, 6.45) is 2.64. The van der Waals surface area contributed by atoms with Gasteiger partial charge in [0.25, 0.3) is 5.91 Å². The molecule has 4 rings (SSSR count). The van der Waals surface area contributed by atoms with Gasteiger partial charge in [0.15, 0.2) is 10.3 Å². The summed E-state index contributed by atoms with van der Waals surface area (Å²) in [5.41, 5.74) is 0.783. The molecule has 0 saturated carbocycles. The van der Waals surface area contributed by atoms with Gasteiger partial charge in [-0.15, -0.1) is 0 Å². The summed E-state index contributed by atoms with van der Waals surface area (Å²) in [5.74, 6) is 1.41. The Hall–Kier alpha value is -2.90. The maximum atomic E-state index is 13.0. The normalized spacial score (nSPS) is 16.3. The number of thioether (sulfide) groups is 1. The zero-order chi connectivity index (χ0) is 22.3. The summed E-state index contributed by atoms with van der Waals surface area (Å²) < 4.78 is 11.4. The Labute approximate surface area is 196 Å². The number of nitrogens with zero attached hydrogens (tertiary/aromatic N) is 2. The van der Waals surface area contributed by atoms with Crippen LogP contribution in [-0.2, 0) is 4.79 Å². The molecule has 0 bridgehead atoms. The van der Waals surface area contributed by atoms with Crippen LogP contribution in [0.1, 0.15) is 26.0 Å². The van der Waals surface area contributed by atoms with Crippen LogP contribution in [-0.4, -0.2) is 29.1 Å². The second-order valence-electron chi connectivity index (χ2n) is 6.96. The number of aliphatic imine (C=N–C) groups is 1. The first-order valence-electron chi connectivity index (χ1n) is 10.5. The van der Waals surface area contributed by atoms with Crippen molar-refractivity contribution in [3.05, 3.63) is 77.4 Å². The highest BCUT2D eigenvalue weighted by Gasteiger charge is 2.33. The van der Waals surface area contributed by atoms with Crippen molar-refractivity contribution in [1.29, 1.82) is 0 Å². The average Bonchev–Trinajstić information content (AvgIpc) is 3.36. The molecule has 1 aliphatic rings. The lowest BCUT2D eigenvalue weighted by molar-refractivity contribution is -0.122. The highest BCUT2D eigenvalue weighted by atomic mass is 32.2. The predicted octanol–water partition coefficient (Wildman–Crippen LogP) is 6.84. The van der Waals surface area contributed by atoms with Crippen molar-refractivity contribution in [3.8, 4) is 5.75 Å². The number of hydrogen-bond acceptors (Lipinski definition) is 6. The summed E-state index contributed by atoms with van der Waals surface area (Å²) in [7, 11) is 0. The number of amidine groups is 1. The quantitative estimate of drug-likeness (QED) is 0.342. The first-order chi connectivity index (χ1) is 15.7. The molecule has 0 N–H and O–H groups in total. The van der Waals surface area contributed by atoms with Gasteiger partial charge in [0, 0.05) is 17.5 Å². The van der Waals surface area contributed by atoms with Gasteiger partial charge in [-0.3, -0.25) is 9.69 Å². The first-order valence-corrected chi connectivity index (χ1v) is 12.1. The standard InChI is InChI=1S/C25H24N2O3S2/c1-3-16-27-24(28)22(32-25(27)26-18-10-12-19(13-11-18)29-4-2)17-20-14-15-23(30-20)31-21-8-6-5-7-9-21/h5-15,17H,3-4,16H2,1-2H3/b22-17-,26-25?. The summed E-state index contributed by atoms with van der Waals surface area (Å²) in [5, 5.41) is 1.46. The Morgan fingerprint density at radius 2 is 1.84 bits per heavy atom. The molecule has 32 heavy (non-hydrogen) atoms. The smallest absolute Gasteiger partial charge is 0.266 e. The minimum Gasteiger partial charge on any atom is -0.494 e. The molecule has 5 nitrogen and oxygen atoms in total. The summed E-state index contributed by atoms with van der Waals surface area (Å²) >= 11 is 2.92. The van der Waals surface area contributed by atoms with Crippen molar-refractivity contribution >= 4 is 46.4 Å². The molecule has 2 aromatic carbocycles. The van der Waals surface area contributed by atoms with Gasteiger partial charge in [0.2, 0.25) is 0 Å². The fourth-order valence-electron chi connectivity index (χ4n) is 3.11. The van der Waals surface area contributed by atoms with E-state index in [2.05, 4.69) is 0 Å². The van der Waals surface area contributed by atoms with Gasteiger partial charge in [-0.05, 0) is 73.6 Å². The minimum absolute atomic E-state index is 0.0461. The number of furan rings is 1. The molecule has 1 fully saturated rings. The van der Waals surface area contributed by atoms with Crippen LogP contribution in [0.2, 0.25) is 0 Å². The van der Waals surface area contributed by atoms with E-state index in [1.54, 1.807) is 22.7 Å². The maximum absolute atomic E-state index is 13.0. The number of carbonyl (C=O) groups excluding carboxylic acids is 1. The molecule has 0 radical (unpaired) electrons. The third-order valence-corrected chi connectivity index (χ3v) is 6.48. The number of rotatable bonds is 8. The van der Waals surface area contributed by atoms with Gasteiger partial charge in [-0.2, -0.15) is 0 Å². The van der Waals surface area contributed by atoms with Gasteiger partial charge in [-0.1, -0.05) is 36.9 Å². The van der Waals surface area contributed by atoms with Crippen molar-refractivity contribution < 1.29 is 13.9 Å². The van der Waals surface area contributed by atoms with Crippen LogP contribution in [0.5, 0.6) is 5.75 Å². The topological polar surface area (TPSA) is 55.0 Å². The van der Waals surface area contributed by atoms with Gasteiger partial charge in [0.05, 0.1) is 17.2 Å². The molecular formula is C25H24N2O3S2. The van der Waals surface area contributed by atoms with Gasteiger partial charge < -0.3 is 9.15 Å². The number of benzene rings is 2. The second kappa shape index (κ2) is 10.6. The monoisotopic (exact) mass is 464 g/mol. The van der Waals surface area contributed by atoms with Crippen molar-refractivity contribution in [3.63, 3.8) is 0 Å². The molecule has 7 heteroatoms. The van der Waals surface area contributed by atoms with E-state index in [9.17, 15) is 4.79 Å². The van der Waals surface area contributed by atoms with Crippen LogP contribution in [0.25, 0.3) is 6.08 Å². The van der Waals surface area contributed by atoms with E-state index in [1.165, 1.54) is 11.8 Å². The Morgan fingerprint density at radius 1 is 1.06 bits per heavy atom. The minimum atomic E-state index is -0.0461. The average molecular weight is 465 g/mol. The van der Waals surface area contributed by atoms with E-state index in [4.69, 9.17) is 14.1 Å². The highest BCUT2D eigenvalue weighted by Crippen LogP contribution is 2.36. The number of hydrogen-bond donors (Lipinski definition) is 0. The number of ether oxygens (including phenoxy) is 1. The first kappa shape index (κ1) is 22.3. The lowest BCUT2D eigenvalue weighted by Gasteiger charge is -2.14. The van der Waals surface area contributed by atoms with Gasteiger partial charge >= 0.3 is 0 Å². The third-order valence-electron chi connectivity index (χ3n) is 4.54. The number of amides is 1. The molecule has 2 heterocycles. The Kier molecular flexibility index (Phi) is 7.39. The SMILES string of the molecule is CCCN1C(=O)/C(=C/c2ccc(Sc3ccccc3)o2)SC1=Nc1ccc(OCC)cc1. The molecule has 1 amide bonds. The molecule has 0 spiro atoms. The van der Waals surface area contributed by atoms with E-state index in [0.717, 1.165) is 27.8 Å². The molecule has 1 saturated heterocycles. The lowest BCUT2D eigenvalue weighted by atomic mass is 10.3. The molecule has 0 unspecified atom stereocenters. The maximum Gasteiger partial charge on any atom is 0.266 e. The lowest BCUT2D eigenvalue weighted by Crippen LogP contribution is -2.29. The second-order valence-corrected chi connectivity index (χ2v) is 9.05. The van der Waals surface area contributed by atoms with Crippen LogP contribution >= 0.6 is 23.5 Å². The van der Waals surface area contributed by atoms with Crippen LogP contribution in [0.3, 0.4) is 0 Å². The zero-order valence-electron chi connectivity index (χ0n) is 18.0. The molecule has 0 atom stereocenters. The molecule has 0 aliphatic carbocycles. The van der Waals surface area contributed by atoms with Crippen LogP contribution in [0.4, 0.5) is 5.69 Å². The van der Waals surface area contributed by atoms with Crippen molar-refractivity contribution in [2.24, 2.45) is 4.99 Å². The van der Waals surface area contributed by atoms with Crippen LogP contribution < -0.4 is 4.74 Å². The molecular weight excluding hydrogens is 440 g/mol. The van der Waals surface area contributed by atoms with E-state index in [-0.39, 0.29) is 5.91 Å². The fraction of sp³-hybridized carbons (Fsp3) is 0.200. The third kappa shape index (κ3) is 5.47. The van der Waals surface area contributed by atoms with Crippen molar-refractivity contribution in [1.82, 2.24) is 4.90 Å². The summed E-state index contributed by atoms with van der Waals surface area (Å²) in [6, 6.07) is 21.4. The Morgan fingerprint density at radius 3 is 2.56 bits per heavy atom. The van der Waals surface area contributed by atoms with Crippen LogP contribution in [0.15, 0.2) is 91.0 Å². The Balaban J connectivity index is 1.53. The zero-order valence-corrected chi connectivity index (χ0v) is 19.6. The van der Waals surface area contributed by atoms with Crippen LogP contribution in [0, 0.1) is 0 Å². The molecule has 3 aromatic rings. The van der Waals surface area contributed by atoms with Gasteiger partial charge in [0.1, 0.15) is 11.5 Å². The van der Waals surface area contributed by atoms with E-state index < -0.39 is 0 Å². The molecule has 1 aliphatic heterocycles.